The predicted octanol–water partition coefficient (Wildman–Crippen LogP) is 2.12. The van der Waals surface area contributed by atoms with E-state index < -0.39 is 0 Å². The molecule has 0 fully saturated rings. The second-order valence-electron chi connectivity index (χ2n) is 5.39. The van der Waals surface area contributed by atoms with Crippen LogP contribution < -0.4 is 10.6 Å². The molecule has 3 aromatic rings. The van der Waals surface area contributed by atoms with Crippen molar-refractivity contribution < 1.29 is 4.79 Å². The van der Waals surface area contributed by atoms with E-state index in [1.54, 1.807) is 12.3 Å². The summed E-state index contributed by atoms with van der Waals surface area (Å²) in [4.78, 5) is 20.8. The third kappa shape index (κ3) is 3.31. The van der Waals surface area contributed by atoms with Crippen LogP contribution in [-0.2, 0) is 7.05 Å². The number of nitrogens with one attached hydrogen (secondary N) is 2. The van der Waals surface area contributed by atoms with E-state index in [1.807, 2.05) is 49.0 Å². The molecule has 1 amide bonds. The van der Waals surface area contributed by atoms with Crippen LogP contribution in [0.25, 0.3) is 11.0 Å². The van der Waals surface area contributed by atoms with Crippen LogP contribution in [0.1, 0.15) is 16.1 Å². The lowest BCUT2D eigenvalue weighted by Crippen LogP contribution is -2.29. The highest BCUT2D eigenvalue weighted by Crippen LogP contribution is 2.12. The molecule has 0 bridgehead atoms. The number of carbonyl (C=O) groups is 1. The Kier molecular flexibility index (Phi) is 4.23. The Labute approximate surface area is 134 Å². The molecule has 6 nitrogen and oxygen atoms in total. The molecule has 3 aromatic heterocycles. The Bertz CT molecular complexity index is 840. The molecule has 0 radical (unpaired) electrons. The van der Waals surface area contributed by atoms with Gasteiger partial charge in [0.25, 0.3) is 5.91 Å². The third-order valence-electron chi connectivity index (χ3n) is 3.66. The van der Waals surface area contributed by atoms with Crippen LogP contribution in [0.2, 0.25) is 0 Å². The fourth-order valence-electron chi connectivity index (χ4n) is 2.38. The van der Waals surface area contributed by atoms with E-state index in [9.17, 15) is 4.79 Å². The smallest absolute Gasteiger partial charge is 0.270 e. The number of carbonyl (C=O) groups excluding carboxylic acids is 1. The van der Waals surface area contributed by atoms with E-state index in [-0.39, 0.29) is 5.91 Å². The van der Waals surface area contributed by atoms with Crippen molar-refractivity contribution in [1.29, 1.82) is 0 Å². The summed E-state index contributed by atoms with van der Waals surface area (Å²) in [7, 11) is 1.91. The van der Waals surface area contributed by atoms with Gasteiger partial charge in [0.05, 0.1) is 0 Å². The Hall–Kier alpha value is -2.89. The number of nitrogens with zero attached hydrogens (tertiary/aromatic N) is 3. The zero-order valence-electron chi connectivity index (χ0n) is 13.2. The van der Waals surface area contributed by atoms with Crippen molar-refractivity contribution in [3.05, 3.63) is 54.0 Å². The largest absolute Gasteiger partial charge is 0.368 e. The number of anilines is 1. The number of hydrogen-bond acceptors (Lipinski definition) is 4. The quantitative estimate of drug-likeness (QED) is 0.708. The lowest BCUT2D eigenvalue weighted by atomic mass is 10.3. The van der Waals surface area contributed by atoms with Gasteiger partial charge >= 0.3 is 0 Å². The van der Waals surface area contributed by atoms with Gasteiger partial charge in [0.15, 0.2) is 0 Å². The topological polar surface area (TPSA) is 71.8 Å². The van der Waals surface area contributed by atoms with Crippen molar-refractivity contribution in [2.45, 2.75) is 6.92 Å². The molecule has 0 aromatic carbocycles. The Morgan fingerprint density at radius 1 is 1.22 bits per heavy atom. The summed E-state index contributed by atoms with van der Waals surface area (Å²) >= 11 is 0. The van der Waals surface area contributed by atoms with E-state index in [0.29, 0.717) is 18.8 Å². The fourth-order valence-corrected chi connectivity index (χ4v) is 2.38. The van der Waals surface area contributed by atoms with Gasteiger partial charge in [-0.2, -0.15) is 0 Å². The predicted molar refractivity (Wildman–Crippen MR) is 90.5 cm³/mol. The average molecular weight is 309 g/mol. The number of amides is 1. The number of aryl methyl sites for hydroxylation is 2. The summed E-state index contributed by atoms with van der Waals surface area (Å²) in [5.41, 5.74) is 2.31. The van der Waals surface area contributed by atoms with Crippen molar-refractivity contribution in [2.75, 3.05) is 18.4 Å². The standard InChI is InChI=1S/C17H19N5O/c1-12-4-3-8-18-15(12)19-9-10-20-17(23)14-6-5-13-7-11-22(2)16(13)21-14/h3-8,11H,9-10H2,1-2H3,(H,18,19)(H,20,23). The van der Waals surface area contributed by atoms with Crippen molar-refractivity contribution >= 4 is 22.8 Å². The van der Waals surface area contributed by atoms with E-state index in [2.05, 4.69) is 20.6 Å². The molecule has 0 saturated carbocycles. The summed E-state index contributed by atoms with van der Waals surface area (Å²) in [5.74, 6) is 0.665. The van der Waals surface area contributed by atoms with Crippen LogP contribution in [0.3, 0.4) is 0 Å². The molecular formula is C17H19N5O. The van der Waals surface area contributed by atoms with Crippen LogP contribution in [0.5, 0.6) is 0 Å². The van der Waals surface area contributed by atoms with Crippen LogP contribution in [-0.4, -0.2) is 33.5 Å². The molecule has 3 heterocycles. The third-order valence-corrected chi connectivity index (χ3v) is 3.66. The monoisotopic (exact) mass is 309 g/mol. The van der Waals surface area contributed by atoms with Gasteiger partial charge in [0, 0.05) is 37.9 Å². The summed E-state index contributed by atoms with van der Waals surface area (Å²) < 4.78 is 1.90. The first-order valence-corrected chi connectivity index (χ1v) is 7.51. The van der Waals surface area contributed by atoms with E-state index >= 15 is 0 Å². The molecule has 3 rings (SSSR count). The molecule has 118 valence electrons. The Morgan fingerprint density at radius 2 is 2.09 bits per heavy atom. The molecule has 0 spiro atoms. The molecule has 0 saturated heterocycles. The van der Waals surface area contributed by atoms with Gasteiger partial charge in [-0.1, -0.05) is 6.07 Å². The normalized spacial score (nSPS) is 10.7. The van der Waals surface area contributed by atoms with Gasteiger partial charge in [0.1, 0.15) is 17.2 Å². The highest BCUT2D eigenvalue weighted by atomic mass is 16.1. The van der Waals surface area contributed by atoms with Crippen molar-refractivity contribution in [3.63, 3.8) is 0 Å². The summed E-state index contributed by atoms with van der Waals surface area (Å²) in [6.45, 7) is 3.10. The fraction of sp³-hybridized carbons (Fsp3) is 0.235. The number of pyridine rings is 2. The zero-order chi connectivity index (χ0) is 16.2. The maximum Gasteiger partial charge on any atom is 0.270 e. The van der Waals surface area contributed by atoms with E-state index in [4.69, 9.17) is 0 Å². The maximum absolute atomic E-state index is 12.2. The molecule has 6 heteroatoms. The molecule has 0 aliphatic rings. The van der Waals surface area contributed by atoms with Crippen LogP contribution in [0.4, 0.5) is 5.82 Å². The lowest BCUT2D eigenvalue weighted by molar-refractivity contribution is 0.0950. The second kappa shape index (κ2) is 6.48. The highest BCUT2D eigenvalue weighted by molar-refractivity contribution is 5.94. The van der Waals surface area contributed by atoms with E-state index in [0.717, 1.165) is 22.4 Å². The van der Waals surface area contributed by atoms with Crippen molar-refractivity contribution in [3.8, 4) is 0 Å². The first-order chi connectivity index (χ1) is 11.1. The van der Waals surface area contributed by atoms with Gasteiger partial charge < -0.3 is 15.2 Å². The first-order valence-electron chi connectivity index (χ1n) is 7.51. The minimum atomic E-state index is -0.173. The van der Waals surface area contributed by atoms with Crippen molar-refractivity contribution in [2.24, 2.45) is 7.05 Å². The van der Waals surface area contributed by atoms with Gasteiger partial charge in [-0.05, 0) is 36.8 Å². The van der Waals surface area contributed by atoms with Gasteiger partial charge in [-0.15, -0.1) is 0 Å². The first kappa shape index (κ1) is 15.0. The van der Waals surface area contributed by atoms with E-state index in [1.165, 1.54) is 0 Å². The summed E-state index contributed by atoms with van der Waals surface area (Å²) in [6, 6.07) is 9.52. The van der Waals surface area contributed by atoms with Gasteiger partial charge in [-0.25, -0.2) is 9.97 Å². The Balaban J connectivity index is 1.56. The van der Waals surface area contributed by atoms with Gasteiger partial charge in [-0.3, -0.25) is 4.79 Å². The van der Waals surface area contributed by atoms with Crippen LogP contribution in [0, 0.1) is 6.92 Å². The number of rotatable bonds is 5. The van der Waals surface area contributed by atoms with Crippen molar-refractivity contribution in [1.82, 2.24) is 19.9 Å². The summed E-state index contributed by atoms with van der Waals surface area (Å²) in [6.07, 6.45) is 3.67. The summed E-state index contributed by atoms with van der Waals surface area (Å²) in [5, 5.41) is 7.09. The average Bonchev–Trinajstić information content (AvgIpc) is 2.93. The molecule has 0 atom stereocenters. The van der Waals surface area contributed by atoms with Crippen LogP contribution >= 0.6 is 0 Å². The molecule has 0 aliphatic carbocycles. The molecule has 2 N–H and O–H groups in total. The zero-order valence-corrected chi connectivity index (χ0v) is 13.2. The number of hydrogen-bond donors (Lipinski definition) is 2. The second-order valence-corrected chi connectivity index (χ2v) is 5.39. The maximum atomic E-state index is 12.2. The molecule has 0 unspecified atom stereocenters. The lowest BCUT2D eigenvalue weighted by Gasteiger charge is -2.09. The van der Waals surface area contributed by atoms with Crippen LogP contribution in [0.15, 0.2) is 42.7 Å². The number of fused-ring (bicyclic) bond motifs is 1. The molecule has 23 heavy (non-hydrogen) atoms. The number of aromatic nitrogens is 3. The minimum Gasteiger partial charge on any atom is -0.368 e. The SMILES string of the molecule is Cc1cccnc1NCCNC(=O)c1ccc2ccn(C)c2n1. The molecular weight excluding hydrogens is 290 g/mol. The highest BCUT2D eigenvalue weighted by Gasteiger charge is 2.09. The Morgan fingerprint density at radius 3 is 2.91 bits per heavy atom. The minimum absolute atomic E-state index is 0.173. The van der Waals surface area contributed by atoms with Gasteiger partial charge in [0.2, 0.25) is 0 Å². The molecule has 0 aliphatic heterocycles.